The number of piperidine rings is 1. The molecule has 80 valence electrons. The van der Waals surface area contributed by atoms with E-state index in [-0.39, 0.29) is 5.91 Å². The smallest absolute Gasteiger partial charge is 0.235 e. The van der Waals surface area contributed by atoms with Crippen molar-refractivity contribution in [3.05, 3.63) is 0 Å². The molecule has 0 bridgehead atoms. The Balaban J connectivity index is 1.63. The van der Waals surface area contributed by atoms with Gasteiger partial charge in [0.2, 0.25) is 5.91 Å². The highest BCUT2D eigenvalue weighted by Crippen LogP contribution is 2.16. The largest absolute Gasteiger partial charge is 0.317 e. The first kappa shape index (κ1) is 9.93. The van der Waals surface area contributed by atoms with E-state index in [4.69, 9.17) is 0 Å². The van der Waals surface area contributed by atoms with E-state index in [0.29, 0.717) is 6.42 Å². The number of hydrazine groups is 1. The summed E-state index contributed by atoms with van der Waals surface area (Å²) in [5.41, 5.74) is 2.87. The third-order valence-electron chi connectivity index (χ3n) is 3.16. The van der Waals surface area contributed by atoms with Crippen LogP contribution in [0.4, 0.5) is 0 Å². The summed E-state index contributed by atoms with van der Waals surface area (Å²) in [7, 11) is 0. The van der Waals surface area contributed by atoms with E-state index in [9.17, 15) is 4.79 Å². The van der Waals surface area contributed by atoms with E-state index in [0.717, 1.165) is 32.1 Å². The van der Waals surface area contributed by atoms with Gasteiger partial charge in [0.25, 0.3) is 0 Å². The Morgan fingerprint density at radius 3 is 2.79 bits per heavy atom. The maximum Gasteiger partial charge on any atom is 0.235 e. The van der Waals surface area contributed by atoms with Crippen LogP contribution < -0.4 is 10.7 Å². The molecule has 0 radical (unpaired) electrons. The average molecular weight is 197 g/mol. The summed E-state index contributed by atoms with van der Waals surface area (Å²) in [6.07, 6.45) is 4.48. The lowest BCUT2D eigenvalue weighted by atomic mass is 9.95. The van der Waals surface area contributed by atoms with Gasteiger partial charge in [0.05, 0.1) is 0 Å². The zero-order valence-electron chi connectivity index (χ0n) is 8.59. The first-order valence-electron chi connectivity index (χ1n) is 5.60. The van der Waals surface area contributed by atoms with Gasteiger partial charge in [-0.05, 0) is 38.3 Å². The van der Waals surface area contributed by atoms with Gasteiger partial charge in [-0.15, -0.1) is 0 Å². The number of carbonyl (C=O) groups excluding carboxylic acids is 1. The van der Waals surface area contributed by atoms with Crippen LogP contribution in [0.3, 0.4) is 0 Å². The maximum atomic E-state index is 10.9. The molecular weight excluding hydrogens is 178 g/mol. The van der Waals surface area contributed by atoms with Gasteiger partial charge >= 0.3 is 0 Å². The van der Waals surface area contributed by atoms with Crippen molar-refractivity contribution in [3.63, 3.8) is 0 Å². The van der Waals surface area contributed by atoms with Crippen LogP contribution >= 0.6 is 0 Å². The molecule has 0 atom stereocenters. The van der Waals surface area contributed by atoms with Crippen LogP contribution in [0.1, 0.15) is 25.7 Å². The minimum atomic E-state index is 0.176. The van der Waals surface area contributed by atoms with E-state index in [1.54, 1.807) is 0 Å². The quantitative estimate of drug-likeness (QED) is 0.675. The fourth-order valence-electron chi connectivity index (χ4n) is 2.20. The lowest BCUT2D eigenvalue weighted by Crippen LogP contribution is -2.36. The number of carbonyl (C=O) groups is 1. The van der Waals surface area contributed by atoms with Crippen molar-refractivity contribution >= 4 is 5.91 Å². The molecule has 2 saturated heterocycles. The van der Waals surface area contributed by atoms with Crippen LogP contribution in [-0.4, -0.2) is 37.1 Å². The monoisotopic (exact) mass is 197 g/mol. The zero-order valence-corrected chi connectivity index (χ0v) is 8.59. The Bertz CT molecular complexity index is 202. The number of amides is 1. The summed E-state index contributed by atoms with van der Waals surface area (Å²) < 4.78 is 0. The summed E-state index contributed by atoms with van der Waals surface area (Å²) in [5, 5.41) is 5.43. The summed E-state index contributed by atoms with van der Waals surface area (Å²) in [4.78, 5) is 10.9. The number of nitrogens with zero attached hydrogens (tertiary/aromatic N) is 1. The molecule has 2 N–H and O–H groups in total. The maximum absolute atomic E-state index is 10.9. The van der Waals surface area contributed by atoms with Crippen LogP contribution in [0.2, 0.25) is 0 Å². The van der Waals surface area contributed by atoms with Crippen LogP contribution in [0.25, 0.3) is 0 Å². The number of hydrogen-bond acceptors (Lipinski definition) is 3. The van der Waals surface area contributed by atoms with E-state index < -0.39 is 0 Å². The molecule has 0 aromatic heterocycles. The Morgan fingerprint density at radius 2 is 2.14 bits per heavy atom. The molecule has 2 rings (SSSR count). The summed E-state index contributed by atoms with van der Waals surface area (Å²) >= 11 is 0. The van der Waals surface area contributed by atoms with E-state index in [1.807, 2.05) is 0 Å². The van der Waals surface area contributed by atoms with Gasteiger partial charge < -0.3 is 5.32 Å². The Morgan fingerprint density at radius 1 is 1.36 bits per heavy atom. The van der Waals surface area contributed by atoms with Crippen molar-refractivity contribution in [2.24, 2.45) is 5.92 Å². The predicted octanol–water partition coefficient (Wildman–Crippen LogP) is 0.113. The first-order valence-corrected chi connectivity index (χ1v) is 5.60. The summed E-state index contributed by atoms with van der Waals surface area (Å²) in [6.45, 7) is 4.24. The molecule has 2 aliphatic rings. The second kappa shape index (κ2) is 4.75. The summed E-state index contributed by atoms with van der Waals surface area (Å²) in [5.74, 6) is 1.03. The van der Waals surface area contributed by atoms with E-state index >= 15 is 0 Å². The Labute approximate surface area is 85.0 Å². The van der Waals surface area contributed by atoms with Gasteiger partial charge in [0.1, 0.15) is 0 Å². The van der Waals surface area contributed by atoms with Gasteiger partial charge in [-0.3, -0.25) is 10.2 Å². The normalized spacial score (nSPS) is 25.3. The Hall–Kier alpha value is -0.610. The molecular formula is C10H19N3O. The van der Waals surface area contributed by atoms with Crippen molar-refractivity contribution in [3.8, 4) is 0 Å². The third-order valence-corrected chi connectivity index (χ3v) is 3.16. The fraction of sp³-hybridized carbons (Fsp3) is 0.900. The summed E-state index contributed by atoms with van der Waals surface area (Å²) in [6, 6.07) is 0. The number of rotatable bonds is 3. The van der Waals surface area contributed by atoms with Gasteiger partial charge in [0.15, 0.2) is 0 Å². The molecule has 2 aliphatic heterocycles. The molecule has 1 amide bonds. The Kier molecular flexibility index (Phi) is 3.37. The van der Waals surface area contributed by atoms with Gasteiger partial charge in [-0.25, -0.2) is 5.01 Å². The second-order valence-corrected chi connectivity index (χ2v) is 4.25. The second-order valence-electron chi connectivity index (χ2n) is 4.25. The SMILES string of the molecule is O=C1CCN(CCC2CCNCC2)N1. The van der Waals surface area contributed by atoms with Crippen molar-refractivity contribution in [2.75, 3.05) is 26.2 Å². The molecule has 0 aromatic rings. The topological polar surface area (TPSA) is 44.4 Å². The number of hydrogen-bond donors (Lipinski definition) is 2. The van der Waals surface area contributed by atoms with Crippen LogP contribution in [-0.2, 0) is 4.79 Å². The minimum absolute atomic E-state index is 0.176. The first-order chi connectivity index (χ1) is 6.84. The zero-order chi connectivity index (χ0) is 9.80. The highest BCUT2D eigenvalue weighted by molar-refractivity contribution is 5.77. The highest BCUT2D eigenvalue weighted by atomic mass is 16.2. The minimum Gasteiger partial charge on any atom is -0.317 e. The van der Waals surface area contributed by atoms with Crippen LogP contribution in [0.15, 0.2) is 0 Å². The molecule has 4 nitrogen and oxygen atoms in total. The lowest BCUT2D eigenvalue weighted by molar-refractivity contribution is -0.121. The van der Waals surface area contributed by atoms with Crippen LogP contribution in [0.5, 0.6) is 0 Å². The van der Waals surface area contributed by atoms with E-state index in [2.05, 4.69) is 15.8 Å². The van der Waals surface area contributed by atoms with Crippen molar-refractivity contribution in [1.29, 1.82) is 0 Å². The molecule has 0 saturated carbocycles. The molecule has 0 spiro atoms. The average Bonchev–Trinajstić information content (AvgIpc) is 2.63. The fourth-order valence-corrected chi connectivity index (χ4v) is 2.20. The molecule has 0 aliphatic carbocycles. The molecule has 2 heterocycles. The molecule has 0 aromatic carbocycles. The molecule has 0 unspecified atom stereocenters. The molecule has 14 heavy (non-hydrogen) atoms. The standard InChI is InChI=1S/C10H19N3O/c14-10-4-8-13(12-10)7-3-9-1-5-11-6-2-9/h9,11H,1-8H2,(H,12,14). The highest BCUT2D eigenvalue weighted by Gasteiger charge is 2.19. The van der Waals surface area contributed by atoms with Gasteiger partial charge in [-0.1, -0.05) is 0 Å². The number of nitrogens with one attached hydrogen (secondary N) is 2. The van der Waals surface area contributed by atoms with Crippen molar-refractivity contribution in [2.45, 2.75) is 25.7 Å². The van der Waals surface area contributed by atoms with Crippen molar-refractivity contribution in [1.82, 2.24) is 15.8 Å². The van der Waals surface area contributed by atoms with Gasteiger partial charge in [0, 0.05) is 19.5 Å². The van der Waals surface area contributed by atoms with Crippen LogP contribution in [0, 0.1) is 5.92 Å². The predicted molar refractivity (Wildman–Crippen MR) is 54.5 cm³/mol. The lowest BCUT2D eigenvalue weighted by Gasteiger charge is -2.24. The van der Waals surface area contributed by atoms with Gasteiger partial charge in [-0.2, -0.15) is 0 Å². The van der Waals surface area contributed by atoms with Crippen molar-refractivity contribution < 1.29 is 4.79 Å². The molecule has 4 heteroatoms. The van der Waals surface area contributed by atoms with E-state index in [1.165, 1.54) is 19.3 Å². The molecule has 2 fully saturated rings. The third kappa shape index (κ3) is 2.69.